The highest BCUT2D eigenvalue weighted by Gasteiger charge is 2.38. The molecule has 0 radical (unpaired) electrons. The van der Waals surface area contributed by atoms with E-state index in [0.29, 0.717) is 17.1 Å². The van der Waals surface area contributed by atoms with Crippen molar-refractivity contribution in [2.45, 2.75) is 31.8 Å². The van der Waals surface area contributed by atoms with E-state index in [-0.39, 0.29) is 18.0 Å². The highest BCUT2D eigenvalue weighted by Crippen LogP contribution is 2.37. The second-order valence-electron chi connectivity index (χ2n) is 5.70. The van der Waals surface area contributed by atoms with Gasteiger partial charge in [-0.25, -0.2) is 0 Å². The molecule has 0 spiro atoms. The van der Waals surface area contributed by atoms with Crippen molar-refractivity contribution in [3.8, 4) is 11.5 Å². The van der Waals surface area contributed by atoms with E-state index in [4.69, 9.17) is 13.9 Å². The molecule has 1 fully saturated rings. The molecule has 0 bridgehead atoms. The van der Waals surface area contributed by atoms with Crippen molar-refractivity contribution in [1.29, 1.82) is 0 Å². The SMILES string of the molecule is COc1ccc(OC)c(C(=O)N(C2CC2)C(C)c2ccco2)c1. The maximum atomic E-state index is 13.2. The van der Waals surface area contributed by atoms with Crippen molar-refractivity contribution in [2.24, 2.45) is 0 Å². The largest absolute Gasteiger partial charge is 0.497 e. The molecule has 3 rings (SSSR count). The number of methoxy groups -OCH3 is 2. The average Bonchev–Trinajstić information content (AvgIpc) is 3.25. The molecule has 1 unspecified atom stereocenters. The summed E-state index contributed by atoms with van der Waals surface area (Å²) in [6.45, 7) is 1.99. The Morgan fingerprint density at radius 2 is 2.04 bits per heavy atom. The Labute approximate surface area is 135 Å². The summed E-state index contributed by atoms with van der Waals surface area (Å²) in [7, 11) is 3.15. The quantitative estimate of drug-likeness (QED) is 0.816. The Morgan fingerprint density at radius 3 is 2.61 bits per heavy atom. The van der Waals surface area contributed by atoms with E-state index in [1.54, 1.807) is 38.7 Å². The molecule has 1 atom stereocenters. The lowest BCUT2D eigenvalue weighted by molar-refractivity contribution is 0.0649. The number of nitrogens with zero attached hydrogens (tertiary/aromatic N) is 1. The molecule has 23 heavy (non-hydrogen) atoms. The summed E-state index contributed by atoms with van der Waals surface area (Å²) in [5, 5.41) is 0. The fraction of sp³-hybridized carbons (Fsp3) is 0.389. The molecule has 1 aliphatic rings. The van der Waals surface area contributed by atoms with Crippen molar-refractivity contribution in [2.75, 3.05) is 14.2 Å². The van der Waals surface area contributed by atoms with Crippen LogP contribution in [0.25, 0.3) is 0 Å². The van der Waals surface area contributed by atoms with Gasteiger partial charge in [-0.3, -0.25) is 4.79 Å². The number of benzene rings is 1. The van der Waals surface area contributed by atoms with Crippen molar-refractivity contribution in [3.05, 3.63) is 47.9 Å². The van der Waals surface area contributed by atoms with Crippen molar-refractivity contribution >= 4 is 5.91 Å². The van der Waals surface area contributed by atoms with E-state index in [1.165, 1.54) is 0 Å². The lowest BCUT2D eigenvalue weighted by atomic mass is 10.1. The van der Waals surface area contributed by atoms with Gasteiger partial charge in [0.2, 0.25) is 0 Å². The molecule has 0 N–H and O–H groups in total. The topological polar surface area (TPSA) is 51.9 Å². The van der Waals surface area contributed by atoms with Crippen LogP contribution in [-0.2, 0) is 0 Å². The number of furan rings is 1. The van der Waals surface area contributed by atoms with Gasteiger partial charge >= 0.3 is 0 Å². The standard InChI is InChI=1S/C18H21NO4/c1-12(16-5-4-10-23-16)19(13-6-7-13)18(20)15-11-14(21-2)8-9-17(15)22-3/h4-5,8-13H,6-7H2,1-3H3. The van der Waals surface area contributed by atoms with Gasteiger partial charge in [0.15, 0.2) is 0 Å². The van der Waals surface area contributed by atoms with Gasteiger partial charge in [0.05, 0.1) is 32.1 Å². The molecular formula is C18H21NO4. The Bertz CT molecular complexity index is 676. The predicted octanol–water partition coefficient (Wildman–Crippen LogP) is 3.66. The normalized spacial score (nSPS) is 15.1. The van der Waals surface area contributed by atoms with Gasteiger partial charge in [0.1, 0.15) is 17.3 Å². The first kappa shape index (κ1) is 15.5. The summed E-state index contributed by atoms with van der Waals surface area (Å²) in [4.78, 5) is 15.0. The lowest BCUT2D eigenvalue weighted by Crippen LogP contribution is -2.35. The van der Waals surface area contributed by atoms with Crippen LogP contribution < -0.4 is 9.47 Å². The predicted molar refractivity (Wildman–Crippen MR) is 85.9 cm³/mol. The van der Waals surface area contributed by atoms with Gasteiger partial charge < -0.3 is 18.8 Å². The van der Waals surface area contributed by atoms with Gasteiger partial charge in [-0.2, -0.15) is 0 Å². The molecular weight excluding hydrogens is 294 g/mol. The Morgan fingerprint density at radius 1 is 1.26 bits per heavy atom. The third-order valence-electron chi connectivity index (χ3n) is 4.18. The second kappa shape index (κ2) is 6.36. The average molecular weight is 315 g/mol. The minimum Gasteiger partial charge on any atom is -0.497 e. The summed E-state index contributed by atoms with van der Waals surface area (Å²) in [5.41, 5.74) is 0.511. The van der Waals surface area contributed by atoms with Gasteiger partial charge in [-0.1, -0.05) is 0 Å². The van der Waals surface area contributed by atoms with Crippen LogP contribution in [0.2, 0.25) is 0 Å². The molecule has 5 heteroatoms. The third kappa shape index (κ3) is 3.04. The van der Waals surface area contributed by atoms with E-state index in [2.05, 4.69) is 0 Å². The first-order valence-electron chi connectivity index (χ1n) is 7.73. The molecule has 1 heterocycles. The van der Waals surface area contributed by atoms with Crippen LogP contribution in [0.5, 0.6) is 11.5 Å². The van der Waals surface area contributed by atoms with E-state index in [0.717, 1.165) is 18.6 Å². The molecule has 0 aliphatic heterocycles. The summed E-state index contributed by atoms with van der Waals surface area (Å²) < 4.78 is 16.1. The zero-order valence-electron chi connectivity index (χ0n) is 13.6. The van der Waals surface area contributed by atoms with Crippen molar-refractivity contribution in [3.63, 3.8) is 0 Å². The Balaban J connectivity index is 1.96. The summed E-state index contributed by atoms with van der Waals surface area (Å²) in [6, 6.07) is 9.14. The fourth-order valence-electron chi connectivity index (χ4n) is 2.80. The molecule has 0 saturated heterocycles. The molecule has 2 aromatic rings. The monoisotopic (exact) mass is 315 g/mol. The Hall–Kier alpha value is -2.43. The highest BCUT2D eigenvalue weighted by atomic mass is 16.5. The molecule has 122 valence electrons. The Kier molecular flexibility index (Phi) is 4.28. The van der Waals surface area contributed by atoms with Crippen LogP contribution in [0.1, 0.15) is 41.9 Å². The number of ether oxygens (including phenoxy) is 2. The van der Waals surface area contributed by atoms with Crippen molar-refractivity contribution < 1.29 is 18.7 Å². The number of carbonyl (C=O) groups is 1. The number of amides is 1. The first-order valence-corrected chi connectivity index (χ1v) is 7.73. The van der Waals surface area contributed by atoms with Crippen LogP contribution in [0, 0.1) is 0 Å². The van der Waals surface area contributed by atoms with Gasteiger partial charge in [-0.15, -0.1) is 0 Å². The van der Waals surface area contributed by atoms with Crippen LogP contribution in [0.15, 0.2) is 41.0 Å². The molecule has 1 saturated carbocycles. The molecule has 1 aromatic heterocycles. The highest BCUT2D eigenvalue weighted by molar-refractivity contribution is 5.98. The minimum atomic E-state index is -0.124. The molecule has 1 amide bonds. The number of carbonyl (C=O) groups excluding carboxylic acids is 1. The van der Waals surface area contributed by atoms with E-state index in [1.807, 2.05) is 24.0 Å². The number of hydrogen-bond acceptors (Lipinski definition) is 4. The van der Waals surface area contributed by atoms with Gasteiger partial charge in [-0.05, 0) is 50.1 Å². The van der Waals surface area contributed by atoms with Crippen LogP contribution in [0.4, 0.5) is 0 Å². The second-order valence-corrected chi connectivity index (χ2v) is 5.70. The van der Waals surface area contributed by atoms with E-state index < -0.39 is 0 Å². The maximum Gasteiger partial charge on any atom is 0.258 e. The lowest BCUT2D eigenvalue weighted by Gasteiger charge is -2.28. The summed E-state index contributed by atoms with van der Waals surface area (Å²) in [5.74, 6) is 1.91. The maximum absolute atomic E-state index is 13.2. The van der Waals surface area contributed by atoms with Crippen LogP contribution in [-0.4, -0.2) is 31.1 Å². The fourth-order valence-corrected chi connectivity index (χ4v) is 2.80. The van der Waals surface area contributed by atoms with Gasteiger partial charge in [0, 0.05) is 6.04 Å². The summed E-state index contributed by atoms with van der Waals surface area (Å²) >= 11 is 0. The zero-order valence-corrected chi connectivity index (χ0v) is 13.6. The number of hydrogen-bond donors (Lipinski definition) is 0. The van der Waals surface area contributed by atoms with E-state index in [9.17, 15) is 4.79 Å². The van der Waals surface area contributed by atoms with Crippen LogP contribution in [0.3, 0.4) is 0 Å². The van der Waals surface area contributed by atoms with E-state index >= 15 is 0 Å². The van der Waals surface area contributed by atoms with Crippen LogP contribution >= 0.6 is 0 Å². The summed E-state index contributed by atoms with van der Waals surface area (Å²) in [6.07, 6.45) is 3.67. The first-order chi connectivity index (χ1) is 11.2. The molecule has 1 aliphatic carbocycles. The smallest absolute Gasteiger partial charge is 0.258 e. The molecule has 1 aromatic carbocycles. The minimum absolute atomic E-state index is 0.0628. The van der Waals surface area contributed by atoms with Crippen molar-refractivity contribution in [1.82, 2.24) is 4.90 Å². The molecule has 5 nitrogen and oxygen atoms in total. The number of rotatable bonds is 6. The zero-order chi connectivity index (χ0) is 16.4. The van der Waals surface area contributed by atoms with Gasteiger partial charge in [0.25, 0.3) is 5.91 Å². The third-order valence-corrected chi connectivity index (χ3v) is 4.18.